The van der Waals surface area contributed by atoms with Gasteiger partial charge in [0.25, 0.3) is 0 Å². The highest BCUT2D eigenvalue weighted by molar-refractivity contribution is 7.91. The number of carbonyl (C=O) groups excluding carboxylic acids is 1. The molecular weight excluding hydrogens is 270 g/mol. The molecule has 0 aromatic carbocycles. The Labute approximate surface area is 113 Å². The second-order valence-corrected chi connectivity index (χ2v) is 7.30. The summed E-state index contributed by atoms with van der Waals surface area (Å²) in [6.45, 7) is 4.03. The molecule has 19 heavy (non-hydrogen) atoms. The van der Waals surface area contributed by atoms with E-state index in [2.05, 4.69) is 5.16 Å². The second-order valence-electron chi connectivity index (χ2n) is 5.07. The van der Waals surface area contributed by atoms with Crippen LogP contribution in [-0.2, 0) is 14.6 Å². The third-order valence-electron chi connectivity index (χ3n) is 3.23. The van der Waals surface area contributed by atoms with Crippen LogP contribution < -0.4 is 5.73 Å². The van der Waals surface area contributed by atoms with E-state index >= 15 is 0 Å². The summed E-state index contributed by atoms with van der Waals surface area (Å²) < 4.78 is 22.8. The lowest BCUT2D eigenvalue weighted by atomic mass is 10.1. The summed E-state index contributed by atoms with van der Waals surface area (Å²) in [4.78, 5) is 13.9. The molecule has 0 radical (unpaired) electrons. The Morgan fingerprint density at radius 2 is 2.16 bits per heavy atom. The lowest BCUT2D eigenvalue weighted by molar-refractivity contribution is -0.136. The first-order valence-electron chi connectivity index (χ1n) is 6.24. The summed E-state index contributed by atoms with van der Waals surface area (Å²) in [5.74, 6) is -0.562. The second kappa shape index (κ2) is 6.23. The van der Waals surface area contributed by atoms with Gasteiger partial charge < -0.3 is 15.8 Å². The zero-order valence-corrected chi connectivity index (χ0v) is 12.1. The number of rotatable bonds is 5. The van der Waals surface area contributed by atoms with E-state index < -0.39 is 15.8 Å². The fourth-order valence-corrected chi connectivity index (χ4v) is 3.86. The lowest BCUT2D eigenvalue weighted by Gasteiger charge is -2.28. The van der Waals surface area contributed by atoms with E-state index in [1.807, 2.05) is 13.8 Å². The molecule has 1 rings (SSSR count). The molecule has 1 unspecified atom stereocenters. The van der Waals surface area contributed by atoms with Gasteiger partial charge in [-0.05, 0) is 20.3 Å². The molecule has 0 aromatic rings. The largest absolute Gasteiger partial charge is 0.409 e. The zero-order valence-electron chi connectivity index (χ0n) is 11.2. The maximum absolute atomic E-state index is 12.3. The highest BCUT2D eigenvalue weighted by atomic mass is 32.2. The monoisotopic (exact) mass is 291 g/mol. The van der Waals surface area contributed by atoms with Crippen molar-refractivity contribution in [3.8, 4) is 0 Å². The minimum atomic E-state index is -3.07. The van der Waals surface area contributed by atoms with Crippen LogP contribution in [0.5, 0.6) is 0 Å². The summed E-state index contributed by atoms with van der Waals surface area (Å²) in [6.07, 6.45) is 0.647. The molecule has 0 spiro atoms. The molecule has 1 heterocycles. The summed E-state index contributed by atoms with van der Waals surface area (Å²) in [7, 11) is -3.07. The van der Waals surface area contributed by atoms with Gasteiger partial charge >= 0.3 is 0 Å². The average Bonchev–Trinajstić information content (AvgIpc) is 2.68. The Hall–Kier alpha value is -1.31. The molecule has 0 aromatic heterocycles. The molecule has 0 saturated carbocycles. The molecule has 1 saturated heterocycles. The van der Waals surface area contributed by atoms with Crippen molar-refractivity contribution in [3.05, 3.63) is 0 Å². The lowest BCUT2D eigenvalue weighted by Crippen LogP contribution is -2.43. The normalized spacial score (nSPS) is 22.7. The molecule has 0 aliphatic carbocycles. The van der Waals surface area contributed by atoms with Crippen LogP contribution in [0.15, 0.2) is 5.16 Å². The van der Waals surface area contributed by atoms with E-state index in [1.165, 1.54) is 0 Å². The van der Waals surface area contributed by atoms with Crippen LogP contribution in [0.2, 0.25) is 0 Å². The van der Waals surface area contributed by atoms with Crippen molar-refractivity contribution in [3.63, 3.8) is 0 Å². The quantitative estimate of drug-likeness (QED) is 0.315. The maximum Gasteiger partial charge on any atom is 0.226 e. The number of hydrogen-bond acceptors (Lipinski definition) is 5. The van der Waals surface area contributed by atoms with Gasteiger partial charge in [-0.3, -0.25) is 4.79 Å². The van der Waals surface area contributed by atoms with Gasteiger partial charge in [-0.2, -0.15) is 0 Å². The molecule has 1 amide bonds. The fourth-order valence-electron chi connectivity index (χ4n) is 2.13. The van der Waals surface area contributed by atoms with Crippen LogP contribution in [0, 0.1) is 5.92 Å². The molecule has 1 aliphatic heterocycles. The van der Waals surface area contributed by atoms with Crippen molar-refractivity contribution in [2.75, 3.05) is 18.1 Å². The van der Waals surface area contributed by atoms with E-state index in [1.54, 1.807) is 4.90 Å². The predicted octanol–water partition coefficient (Wildman–Crippen LogP) is -0.205. The van der Waals surface area contributed by atoms with E-state index in [0.717, 1.165) is 0 Å². The number of hydrogen-bond donors (Lipinski definition) is 2. The van der Waals surface area contributed by atoms with Crippen LogP contribution in [0.4, 0.5) is 0 Å². The van der Waals surface area contributed by atoms with Crippen LogP contribution in [0.3, 0.4) is 0 Å². The number of amidine groups is 1. The summed E-state index contributed by atoms with van der Waals surface area (Å²) >= 11 is 0. The van der Waals surface area contributed by atoms with Gasteiger partial charge in [-0.25, -0.2) is 8.42 Å². The standard InChI is InChI=1S/C11H21N3O4S/c1-8(2)14(5-3-10(12)13-16)11(15)9-4-6-19(17,18)7-9/h8-9,16H,3-7H2,1-2H3,(H2,12,13). The fraction of sp³-hybridized carbons (Fsp3) is 0.818. The first-order valence-corrected chi connectivity index (χ1v) is 8.06. The molecule has 1 fully saturated rings. The van der Waals surface area contributed by atoms with Crippen molar-refractivity contribution >= 4 is 21.6 Å². The van der Waals surface area contributed by atoms with Gasteiger partial charge in [0.1, 0.15) is 5.84 Å². The number of carbonyl (C=O) groups is 1. The van der Waals surface area contributed by atoms with Crippen molar-refractivity contribution in [2.45, 2.75) is 32.7 Å². The van der Waals surface area contributed by atoms with Crippen molar-refractivity contribution in [1.82, 2.24) is 4.90 Å². The first kappa shape index (κ1) is 15.7. The van der Waals surface area contributed by atoms with Gasteiger partial charge in [0.15, 0.2) is 9.84 Å². The number of sulfone groups is 1. The topological polar surface area (TPSA) is 113 Å². The molecule has 8 heteroatoms. The van der Waals surface area contributed by atoms with Crippen LogP contribution >= 0.6 is 0 Å². The number of oxime groups is 1. The molecule has 1 atom stereocenters. The number of amides is 1. The van der Waals surface area contributed by atoms with Crippen LogP contribution in [0.25, 0.3) is 0 Å². The molecule has 110 valence electrons. The SMILES string of the molecule is CC(C)N(CCC(N)=NO)C(=O)C1CCS(=O)(=O)C1. The zero-order chi connectivity index (χ0) is 14.6. The highest BCUT2D eigenvalue weighted by Gasteiger charge is 2.35. The smallest absolute Gasteiger partial charge is 0.226 e. The molecule has 3 N–H and O–H groups in total. The Balaban J connectivity index is 2.69. The van der Waals surface area contributed by atoms with E-state index in [9.17, 15) is 13.2 Å². The summed E-state index contributed by atoms with van der Waals surface area (Å²) in [5.41, 5.74) is 5.38. The Morgan fingerprint density at radius 1 is 1.53 bits per heavy atom. The van der Waals surface area contributed by atoms with Gasteiger partial charge in [0.05, 0.1) is 17.4 Å². The van der Waals surface area contributed by atoms with Gasteiger partial charge in [0, 0.05) is 19.0 Å². The molecule has 1 aliphatic rings. The van der Waals surface area contributed by atoms with E-state index in [4.69, 9.17) is 10.9 Å². The average molecular weight is 291 g/mol. The predicted molar refractivity (Wildman–Crippen MR) is 71.6 cm³/mol. The summed E-state index contributed by atoms with van der Waals surface area (Å²) in [5, 5.41) is 11.3. The maximum atomic E-state index is 12.3. The van der Waals surface area contributed by atoms with Crippen molar-refractivity contribution < 1.29 is 18.4 Å². The van der Waals surface area contributed by atoms with Crippen molar-refractivity contribution in [2.24, 2.45) is 16.8 Å². The van der Waals surface area contributed by atoms with E-state index in [0.29, 0.717) is 13.0 Å². The van der Waals surface area contributed by atoms with Crippen LogP contribution in [0.1, 0.15) is 26.7 Å². The molecule has 0 bridgehead atoms. The summed E-state index contributed by atoms with van der Waals surface area (Å²) in [6, 6.07) is -0.0534. The number of nitrogens with zero attached hydrogens (tertiary/aromatic N) is 2. The van der Waals surface area contributed by atoms with Crippen LogP contribution in [-0.4, -0.2) is 54.4 Å². The van der Waals surface area contributed by atoms with Gasteiger partial charge in [-0.15, -0.1) is 0 Å². The first-order chi connectivity index (χ1) is 8.76. The Kier molecular flexibility index (Phi) is 5.16. The van der Waals surface area contributed by atoms with Gasteiger partial charge in [0.2, 0.25) is 5.91 Å². The highest BCUT2D eigenvalue weighted by Crippen LogP contribution is 2.21. The van der Waals surface area contributed by atoms with Gasteiger partial charge in [-0.1, -0.05) is 5.16 Å². The van der Waals surface area contributed by atoms with E-state index in [-0.39, 0.29) is 35.7 Å². The third kappa shape index (κ3) is 4.38. The Bertz CT molecular complexity index is 459. The minimum absolute atomic E-state index is 0.0532. The number of nitrogens with two attached hydrogens (primary N) is 1. The minimum Gasteiger partial charge on any atom is -0.409 e. The molecule has 7 nitrogen and oxygen atoms in total. The molecular formula is C11H21N3O4S. The Morgan fingerprint density at radius 3 is 2.58 bits per heavy atom. The van der Waals surface area contributed by atoms with Crippen molar-refractivity contribution in [1.29, 1.82) is 0 Å². The third-order valence-corrected chi connectivity index (χ3v) is 4.99.